The molecule has 0 spiro atoms. The molecule has 20 heavy (non-hydrogen) atoms. The van der Waals surface area contributed by atoms with Gasteiger partial charge in [-0.1, -0.05) is 17.3 Å². The zero-order valence-corrected chi connectivity index (χ0v) is 12.1. The Bertz CT molecular complexity index is 675. The molecule has 6 nitrogen and oxygen atoms in total. The van der Waals surface area contributed by atoms with Gasteiger partial charge in [0.1, 0.15) is 5.76 Å². The van der Waals surface area contributed by atoms with Crippen molar-refractivity contribution in [3.05, 3.63) is 47.3 Å². The van der Waals surface area contributed by atoms with E-state index in [1.165, 1.54) is 12.1 Å². The van der Waals surface area contributed by atoms with Crippen LogP contribution in [0.15, 0.2) is 39.8 Å². The lowest BCUT2D eigenvalue weighted by Gasteiger charge is -2.08. The van der Waals surface area contributed by atoms with E-state index in [-0.39, 0.29) is 17.5 Å². The van der Waals surface area contributed by atoms with Gasteiger partial charge in [0.05, 0.1) is 17.1 Å². The van der Waals surface area contributed by atoms with E-state index >= 15 is 0 Å². The first-order valence-electron chi connectivity index (χ1n) is 6.16. The Morgan fingerprint density at radius 1 is 1.35 bits per heavy atom. The first kappa shape index (κ1) is 14.7. The van der Waals surface area contributed by atoms with E-state index in [0.29, 0.717) is 11.5 Å². The Hall–Kier alpha value is -1.70. The molecular formula is C13H17N3O3S. The predicted molar refractivity (Wildman–Crippen MR) is 74.3 cm³/mol. The van der Waals surface area contributed by atoms with Gasteiger partial charge >= 0.3 is 0 Å². The molecule has 0 amide bonds. The highest BCUT2D eigenvalue weighted by molar-refractivity contribution is 7.89. The van der Waals surface area contributed by atoms with Crippen LogP contribution in [0.3, 0.4) is 0 Å². The molecule has 0 saturated carbocycles. The van der Waals surface area contributed by atoms with Crippen molar-refractivity contribution in [1.82, 2.24) is 9.88 Å². The summed E-state index contributed by atoms with van der Waals surface area (Å²) in [6.07, 6.45) is 0. The standard InChI is InChI=1S/C13H17N3O3S/c1-9-7-12(16-19-9)8-15-20(17,18)13-5-3-11(4-6-13)10(2)14/h3-7,10,15H,8,14H2,1-2H3. The Morgan fingerprint density at radius 2 is 2.00 bits per heavy atom. The van der Waals surface area contributed by atoms with Crippen LogP contribution in [0.5, 0.6) is 0 Å². The molecule has 1 unspecified atom stereocenters. The van der Waals surface area contributed by atoms with Crippen molar-refractivity contribution >= 4 is 10.0 Å². The monoisotopic (exact) mass is 295 g/mol. The molecule has 0 bridgehead atoms. The Kier molecular flexibility index (Phi) is 4.22. The lowest BCUT2D eigenvalue weighted by molar-refractivity contribution is 0.390. The number of benzene rings is 1. The van der Waals surface area contributed by atoms with Crippen molar-refractivity contribution in [3.8, 4) is 0 Å². The van der Waals surface area contributed by atoms with E-state index < -0.39 is 10.0 Å². The van der Waals surface area contributed by atoms with Gasteiger partial charge in [0.25, 0.3) is 0 Å². The van der Waals surface area contributed by atoms with Gasteiger partial charge in [-0.2, -0.15) is 0 Å². The third-order valence-corrected chi connectivity index (χ3v) is 4.25. The van der Waals surface area contributed by atoms with E-state index in [2.05, 4.69) is 9.88 Å². The van der Waals surface area contributed by atoms with Crippen molar-refractivity contribution in [1.29, 1.82) is 0 Å². The summed E-state index contributed by atoms with van der Waals surface area (Å²) in [4.78, 5) is 0.196. The number of aryl methyl sites for hydroxylation is 1. The lowest BCUT2D eigenvalue weighted by atomic mass is 10.1. The van der Waals surface area contributed by atoms with Gasteiger partial charge in [-0.25, -0.2) is 13.1 Å². The molecule has 1 aromatic carbocycles. The minimum absolute atomic E-state index is 0.0920. The quantitative estimate of drug-likeness (QED) is 0.870. The molecule has 0 aliphatic rings. The third-order valence-electron chi connectivity index (χ3n) is 2.84. The normalized spacial score (nSPS) is 13.3. The van der Waals surface area contributed by atoms with Crippen molar-refractivity contribution in [3.63, 3.8) is 0 Å². The second-order valence-corrected chi connectivity index (χ2v) is 6.38. The molecule has 1 heterocycles. The summed E-state index contributed by atoms with van der Waals surface area (Å²) in [6, 6.07) is 8.04. The van der Waals surface area contributed by atoms with Crippen LogP contribution < -0.4 is 10.5 Å². The van der Waals surface area contributed by atoms with Crippen LogP contribution in [-0.2, 0) is 16.6 Å². The average Bonchev–Trinajstić information content (AvgIpc) is 2.82. The van der Waals surface area contributed by atoms with Gasteiger partial charge in [0.15, 0.2) is 0 Å². The molecule has 1 aromatic heterocycles. The molecule has 108 valence electrons. The summed E-state index contributed by atoms with van der Waals surface area (Å²) in [5.74, 6) is 0.639. The molecule has 0 saturated heterocycles. The van der Waals surface area contributed by atoms with Crippen LogP contribution in [0, 0.1) is 6.92 Å². The van der Waals surface area contributed by atoms with Gasteiger partial charge in [-0.05, 0) is 31.5 Å². The number of nitrogens with zero attached hydrogens (tertiary/aromatic N) is 1. The van der Waals surface area contributed by atoms with E-state index in [1.807, 2.05) is 6.92 Å². The van der Waals surface area contributed by atoms with Crippen molar-refractivity contribution in [2.24, 2.45) is 5.73 Å². The summed E-state index contributed by atoms with van der Waals surface area (Å²) in [6.45, 7) is 3.68. The number of nitrogens with one attached hydrogen (secondary N) is 1. The SMILES string of the molecule is Cc1cc(CNS(=O)(=O)c2ccc(C(C)N)cc2)no1. The fraction of sp³-hybridized carbons (Fsp3) is 0.308. The molecule has 2 aromatic rings. The van der Waals surface area contributed by atoms with Crippen LogP contribution in [0.2, 0.25) is 0 Å². The fourth-order valence-electron chi connectivity index (χ4n) is 1.70. The summed E-state index contributed by atoms with van der Waals surface area (Å²) in [5, 5.41) is 3.73. The maximum Gasteiger partial charge on any atom is 0.240 e. The highest BCUT2D eigenvalue weighted by Crippen LogP contribution is 2.15. The van der Waals surface area contributed by atoms with E-state index in [4.69, 9.17) is 10.3 Å². The zero-order valence-electron chi connectivity index (χ0n) is 11.3. The summed E-state index contributed by atoms with van der Waals surface area (Å²) in [5.41, 5.74) is 7.15. The van der Waals surface area contributed by atoms with Crippen LogP contribution in [0.4, 0.5) is 0 Å². The second-order valence-electron chi connectivity index (χ2n) is 4.61. The van der Waals surface area contributed by atoms with Gasteiger partial charge in [-0.3, -0.25) is 0 Å². The van der Waals surface area contributed by atoms with E-state index in [9.17, 15) is 8.42 Å². The molecule has 1 atom stereocenters. The van der Waals surface area contributed by atoms with Crippen LogP contribution in [-0.4, -0.2) is 13.6 Å². The summed E-state index contributed by atoms with van der Waals surface area (Å²) in [7, 11) is -3.56. The van der Waals surface area contributed by atoms with Crippen LogP contribution >= 0.6 is 0 Å². The van der Waals surface area contributed by atoms with Gasteiger partial charge in [0.2, 0.25) is 10.0 Å². The largest absolute Gasteiger partial charge is 0.361 e. The Balaban J connectivity index is 2.09. The van der Waals surface area contributed by atoms with Gasteiger partial charge < -0.3 is 10.3 Å². The summed E-state index contributed by atoms with van der Waals surface area (Å²) >= 11 is 0. The molecule has 0 radical (unpaired) electrons. The van der Waals surface area contributed by atoms with Crippen molar-refractivity contribution in [2.75, 3.05) is 0 Å². The number of hydrogen-bond donors (Lipinski definition) is 2. The zero-order chi connectivity index (χ0) is 14.8. The molecule has 0 aliphatic heterocycles. The van der Waals surface area contributed by atoms with Crippen molar-refractivity contribution < 1.29 is 12.9 Å². The minimum Gasteiger partial charge on any atom is -0.361 e. The van der Waals surface area contributed by atoms with E-state index in [0.717, 1.165) is 5.56 Å². The average molecular weight is 295 g/mol. The molecule has 0 fully saturated rings. The Morgan fingerprint density at radius 3 is 2.50 bits per heavy atom. The number of sulfonamides is 1. The molecule has 0 aliphatic carbocycles. The molecule has 2 rings (SSSR count). The van der Waals surface area contributed by atoms with Crippen molar-refractivity contribution in [2.45, 2.75) is 31.3 Å². The van der Waals surface area contributed by atoms with Gasteiger partial charge in [-0.15, -0.1) is 0 Å². The maximum absolute atomic E-state index is 12.1. The van der Waals surface area contributed by atoms with Crippen LogP contribution in [0.25, 0.3) is 0 Å². The first-order chi connectivity index (χ1) is 9.38. The number of rotatable bonds is 5. The molecule has 7 heteroatoms. The predicted octanol–water partition coefficient (Wildman–Crippen LogP) is 1.48. The smallest absolute Gasteiger partial charge is 0.240 e. The number of hydrogen-bond acceptors (Lipinski definition) is 5. The minimum atomic E-state index is -3.56. The second kappa shape index (κ2) is 5.74. The highest BCUT2D eigenvalue weighted by Gasteiger charge is 2.15. The first-order valence-corrected chi connectivity index (χ1v) is 7.64. The summed E-state index contributed by atoms with van der Waals surface area (Å²) < 4.78 is 31.5. The number of aromatic nitrogens is 1. The van der Waals surface area contributed by atoms with E-state index in [1.54, 1.807) is 25.1 Å². The molecular weight excluding hydrogens is 278 g/mol. The fourth-order valence-corrected chi connectivity index (χ4v) is 2.70. The third kappa shape index (κ3) is 3.44. The van der Waals surface area contributed by atoms with Gasteiger partial charge in [0, 0.05) is 12.1 Å². The Labute approximate surface area is 118 Å². The number of nitrogens with two attached hydrogens (primary N) is 1. The topological polar surface area (TPSA) is 98.2 Å². The lowest BCUT2D eigenvalue weighted by Crippen LogP contribution is -2.23. The maximum atomic E-state index is 12.1. The van der Waals surface area contributed by atoms with Crippen LogP contribution in [0.1, 0.15) is 30.0 Å². The highest BCUT2D eigenvalue weighted by atomic mass is 32.2. The molecule has 3 N–H and O–H groups in total.